The van der Waals surface area contributed by atoms with Gasteiger partial charge >= 0.3 is 0 Å². The molecule has 1 unspecified atom stereocenters. The molecule has 0 aliphatic carbocycles. The van der Waals surface area contributed by atoms with Crippen molar-refractivity contribution in [1.29, 1.82) is 0 Å². The molecule has 0 aromatic heterocycles. The highest BCUT2D eigenvalue weighted by molar-refractivity contribution is 7.88. The Morgan fingerprint density at radius 2 is 1.72 bits per heavy atom. The van der Waals surface area contributed by atoms with E-state index in [-0.39, 0.29) is 0 Å². The van der Waals surface area contributed by atoms with E-state index in [4.69, 9.17) is 0 Å². The summed E-state index contributed by atoms with van der Waals surface area (Å²) in [6.45, 7) is 13.5. The number of nitrogens with one attached hydrogen (secondary N) is 2. The fourth-order valence-electron chi connectivity index (χ4n) is 2.68. The zero-order valence-electron chi connectivity index (χ0n) is 17.0. The highest BCUT2D eigenvalue weighted by Crippen LogP contribution is 2.00. The Morgan fingerprint density at radius 3 is 2.20 bits per heavy atom. The molecule has 0 aliphatic rings. The zero-order chi connectivity index (χ0) is 19.3. The van der Waals surface area contributed by atoms with Crippen molar-refractivity contribution in [2.24, 2.45) is 4.99 Å². The van der Waals surface area contributed by atoms with Crippen molar-refractivity contribution < 1.29 is 8.42 Å². The van der Waals surface area contributed by atoms with Gasteiger partial charge in [0.15, 0.2) is 5.96 Å². The highest BCUT2D eigenvalue weighted by Gasteiger charge is 2.13. The van der Waals surface area contributed by atoms with Crippen molar-refractivity contribution >= 4 is 16.0 Å². The van der Waals surface area contributed by atoms with E-state index in [1.807, 2.05) is 6.92 Å². The Morgan fingerprint density at radius 1 is 1.08 bits per heavy atom. The van der Waals surface area contributed by atoms with E-state index in [2.05, 4.69) is 41.3 Å². The van der Waals surface area contributed by atoms with Gasteiger partial charge in [0.05, 0.1) is 6.26 Å². The molecule has 150 valence electrons. The Hall–Kier alpha value is -0.860. The summed E-state index contributed by atoms with van der Waals surface area (Å²) >= 11 is 0. The molecule has 0 bridgehead atoms. The predicted molar refractivity (Wildman–Crippen MR) is 108 cm³/mol. The lowest BCUT2D eigenvalue weighted by Crippen LogP contribution is -2.43. The molecule has 0 fully saturated rings. The lowest BCUT2D eigenvalue weighted by Gasteiger charge is -2.21. The van der Waals surface area contributed by atoms with Crippen molar-refractivity contribution in [2.45, 2.75) is 53.0 Å². The van der Waals surface area contributed by atoms with Gasteiger partial charge in [-0.05, 0) is 45.8 Å². The summed E-state index contributed by atoms with van der Waals surface area (Å²) in [6, 6.07) is 0.352. The van der Waals surface area contributed by atoms with E-state index in [0.717, 1.165) is 44.9 Å². The molecule has 0 rings (SSSR count). The number of hydrogen-bond donors (Lipinski definition) is 2. The molecule has 1 atom stereocenters. The van der Waals surface area contributed by atoms with Crippen LogP contribution >= 0.6 is 0 Å². The first-order valence-corrected chi connectivity index (χ1v) is 11.3. The molecule has 0 aromatic carbocycles. The summed E-state index contributed by atoms with van der Waals surface area (Å²) in [4.78, 5) is 6.67. The second-order valence-corrected chi connectivity index (χ2v) is 8.30. The Balaban J connectivity index is 4.06. The van der Waals surface area contributed by atoms with Crippen molar-refractivity contribution in [2.75, 3.05) is 52.6 Å². The van der Waals surface area contributed by atoms with E-state index in [0.29, 0.717) is 25.7 Å². The number of rotatable bonds is 13. The van der Waals surface area contributed by atoms with Crippen LogP contribution in [0.5, 0.6) is 0 Å². The van der Waals surface area contributed by atoms with Gasteiger partial charge in [-0.3, -0.25) is 4.99 Å². The molecule has 25 heavy (non-hydrogen) atoms. The number of nitrogens with zero attached hydrogens (tertiary/aromatic N) is 3. The van der Waals surface area contributed by atoms with E-state index >= 15 is 0 Å². The molecule has 8 heteroatoms. The molecular formula is C17H39N5O2S. The fourth-order valence-corrected chi connectivity index (χ4v) is 3.61. The molecule has 2 N–H and O–H groups in total. The summed E-state index contributed by atoms with van der Waals surface area (Å²) in [6.07, 6.45) is 4.25. The second kappa shape index (κ2) is 13.4. The summed E-state index contributed by atoms with van der Waals surface area (Å²) < 4.78 is 24.6. The molecule has 7 nitrogen and oxygen atoms in total. The number of hydrogen-bond acceptors (Lipinski definition) is 4. The fraction of sp³-hybridized carbons (Fsp3) is 0.941. The topological polar surface area (TPSA) is 77.0 Å². The third-order valence-electron chi connectivity index (χ3n) is 4.31. The first-order chi connectivity index (χ1) is 11.8. The van der Waals surface area contributed by atoms with Gasteiger partial charge in [0.1, 0.15) is 0 Å². The summed E-state index contributed by atoms with van der Waals surface area (Å²) in [7, 11) is -1.35. The number of sulfonamides is 1. The van der Waals surface area contributed by atoms with Crippen LogP contribution in [-0.4, -0.2) is 82.2 Å². The molecule has 0 spiro atoms. The molecular weight excluding hydrogens is 338 g/mol. The van der Waals surface area contributed by atoms with Crippen LogP contribution < -0.4 is 10.6 Å². The average molecular weight is 378 g/mol. The Kier molecular flexibility index (Phi) is 12.9. The van der Waals surface area contributed by atoms with Gasteiger partial charge in [0.25, 0.3) is 0 Å². The minimum absolute atomic E-state index is 0.352. The highest BCUT2D eigenvalue weighted by atomic mass is 32.2. The molecule has 0 amide bonds. The van der Waals surface area contributed by atoms with Crippen LogP contribution in [0.1, 0.15) is 47.0 Å². The van der Waals surface area contributed by atoms with Crippen LogP contribution in [0.3, 0.4) is 0 Å². The maximum atomic E-state index is 11.5. The predicted octanol–water partition coefficient (Wildman–Crippen LogP) is 1.33. The van der Waals surface area contributed by atoms with Crippen molar-refractivity contribution in [1.82, 2.24) is 19.8 Å². The molecule has 0 heterocycles. The minimum atomic E-state index is -3.11. The van der Waals surface area contributed by atoms with Crippen molar-refractivity contribution in [3.63, 3.8) is 0 Å². The largest absolute Gasteiger partial charge is 0.356 e. The van der Waals surface area contributed by atoms with Crippen molar-refractivity contribution in [3.8, 4) is 0 Å². The first-order valence-electron chi connectivity index (χ1n) is 9.43. The maximum Gasteiger partial charge on any atom is 0.211 e. The van der Waals surface area contributed by atoms with E-state index < -0.39 is 10.0 Å². The SMILES string of the molecule is CCN(CC)CCCC(C)NC(=NC)NCCCN(CC)S(C)(=O)=O. The van der Waals surface area contributed by atoms with Gasteiger partial charge in [-0.1, -0.05) is 20.8 Å². The maximum absolute atomic E-state index is 11.5. The zero-order valence-corrected chi connectivity index (χ0v) is 17.8. The van der Waals surface area contributed by atoms with E-state index in [1.54, 1.807) is 7.05 Å². The van der Waals surface area contributed by atoms with Gasteiger partial charge in [0.2, 0.25) is 10.0 Å². The average Bonchev–Trinajstić information content (AvgIpc) is 2.56. The van der Waals surface area contributed by atoms with Gasteiger partial charge in [-0.2, -0.15) is 0 Å². The van der Waals surface area contributed by atoms with Crippen LogP contribution in [0.4, 0.5) is 0 Å². The lowest BCUT2D eigenvalue weighted by molar-refractivity contribution is 0.292. The minimum Gasteiger partial charge on any atom is -0.356 e. The normalized spacial score (nSPS) is 14.2. The number of guanidine groups is 1. The van der Waals surface area contributed by atoms with E-state index in [9.17, 15) is 8.42 Å². The van der Waals surface area contributed by atoms with Gasteiger partial charge in [-0.25, -0.2) is 12.7 Å². The van der Waals surface area contributed by atoms with Crippen LogP contribution in [0.25, 0.3) is 0 Å². The molecule has 0 aliphatic heterocycles. The van der Waals surface area contributed by atoms with Gasteiger partial charge in [-0.15, -0.1) is 0 Å². The standard InChI is InChI=1S/C17H39N5O2S/c1-7-21(8-2)14-10-12-16(4)20-17(18-5)19-13-11-15-22(9-3)25(6,23)24/h16H,7-15H2,1-6H3,(H2,18,19,20). The van der Waals surface area contributed by atoms with Crippen LogP contribution in [0.15, 0.2) is 4.99 Å². The Labute approximate surface area is 155 Å². The molecule has 0 saturated heterocycles. The smallest absolute Gasteiger partial charge is 0.211 e. The molecule has 0 aromatic rings. The monoisotopic (exact) mass is 377 g/mol. The van der Waals surface area contributed by atoms with Crippen LogP contribution in [0, 0.1) is 0 Å². The lowest BCUT2D eigenvalue weighted by atomic mass is 10.2. The van der Waals surface area contributed by atoms with Crippen LogP contribution in [0.2, 0.25) is 0 Å². The first kappa shape index (κ1) is 24.1. The third kappa shape index (κ3) is 11.4. The Bertz CT molecular complexity index is 464. The van der Waals surface area contributed by atoms with E-state index in [1.165, 1.54) is 10.6 Å². The molecule has 0 saturated carbocycles. The van der Waals surface area contributed by atoms with Gasteiger partial charge in [0, 0.05) is 32.7 Å². The number of aliphatic imine (C=N–C) groups is 1. The molecule has 0 radical (unpaired) electrons. The third-order valence-corrected chi connectivity index (χ3v) is 5.69. The quantitative estimate of drug-likeness (QED) is 0.288. The summed E-state index contributed by atoms with van der Waals surface area (Å²) in [5.41, 5.74) is 0. The summed E-state index contributed by atoms with van der Waals surface area (Å²) in [5, 5.41) is 6.66. The van der Waals surface area contributed by atoms with Crippen LogP contribution in [-0.2, 0) is 10.0 Å². The van der Waals surface area contributed by atoms with Gasteiger partial charge < -0.3 is 15.5 Å². The summed E-state index contributed by atoms with van der Waals surface area (Å²) in [5.74, 6) is 0.776. The second-order valence-electron chi connectivity index (χ2n) is 6.32. The van der Waals surface area contributed by atoms with Crippen molar-refractivity contribution in [3.05, 3.63) is 0 Å².